The van der Waals surface area contributed by atoms with Crippen LogP contribution in [-0.4, -0.2) is 34.4 Å². The summed E-state index contributed by atoms with van der Waals surface area (Å²) in [6.45, 7) is 1.91. The first-order valence-electron chi connectivity index (χ1n) is 7.07. The fourth-order valence-electron chi connectivity index (χ4n) is 2.43. The van der Waals surface area contributed by atoms with Gasteiger partial charge in [-0.3, -0.25) is 0 Å². The molecule has 19 heavy (non-hydrogen) atoms. The number of hydrogen-bond acceptors (Lipinski definition) is 3. The molecule has 108 valence electrons. The van der Waals surface area contributed by atoms with Gasteiger partial charge in [-0.2, -0.15) is 0 Å². The molecule has 3 heteroatoms. The van der Waals surface area contributed by atoms with E-state index < -0.39 is 0 Å². The van der Waals surface area contributed by atoms with E-state index in [1.165, 1.54) is 18.4 Å². The predicted octanol–water partition coefficient (Wildman–Crippen LogP) is 2.89. The van der Waals surface area contributed by atoms with Crippen molar-refractivity contribution in [3.63, 3.8) is 0 Å². The van der Waals surface area contributed by atoms with Crippen molar-refractivity contribution >= 4 is 0 Å². The zero-order valence-corrected chi connectivity index (χ0v) is 12.4. The van der Waals surface area contributed by atoms with Crippen LogP contribution in [0, 0.1) is 5.92 Å². The van der Waals surface area contributed by atoms with E-state index in [4.69, 9.17) is 9.47 Å². The van der Waals surface area contributed by atoms with E-state index in [-0.39, 0.29) is 0 Å². The average Bonchev–Trinajstić information content (AvgIpc) is 2.44. The Morgan fingerprint density at radius 2 is 1.95 bits per heavy atom. The number of benzene rings is 1. The van der Waals surface area contributed by atoms with Gasteiger partial charge in [0.15, 0.2) is 0 Å². The summed E-state index contributed by atoms with van der Waals surface area (Å²) in [7, 11) is 5.52. The SMILES string of the molecule is CNCC(CCCCOC)Cc1ccccc1OC. The topological polar surface area (TPSA) is 30.5 Å². The minimum atomic E-state index is 0.651. The lowest BCUT2D eigenvalue weighted by Gasteiger charge is -2.18. The Morgan fingerprint density at radius 1 is 1.16 bits per heavy atom. The molecule has 0 heterocycles. The lowest BCUT2D eigenvalue weighted by atomic mass is 9.93. The van der Waals surface area contributed by atoms with Gasteiger partial charge < -0.3 is 14.8 Å². The molecular formula is C16H27NO2. The van der Waals surface area contributed by atoms with Crippen LogP contribution in [0.25, 0.3) is 0 Å². The zero-order valence-electron chi connectivity index (χ0n) is 12.4. The van der Waals surface area contributed by atoms with E-state index in [2.05, 4.69) is 17.4 Å². The minimum Gasteiger partial charge on any atom is -0.496 e. The highest BCUT2D eigenvalue weighted by molar-refractivity contribution is 5.33. The van der Waals surface area contributed by atoms with Crippen LogP contribution >= 0.6 is 0 Å². The van der Waals surface area contributed by atoms with Gasteiger partial charge in [0, 0.05) is 13.7 Å². The molecule has 1 unspecified atom stereocenters. The lowest BCUT2D eigenvalue weighted by Crippen LogP contribution is -2.21. The van der Waals surface area contributed by atoms with Crippen molar-refractivity contribution in [1.29, 1.82) is 0 Å². The van der Waals surface area contributed by atoms with Crippen molar-refractivity contribution in [3.8, 4) is 5.75 Å². The van der Waals surface area contributed by atoms with Gasteiger partial charge in [-0.15, -0.1) is 0 Å². The van der Waals surface area contributed by atoms with Gasteiger partial charge in [0.2, 0.25) is 0 Å². The molecule has 1 aromatic rings. The smallest absolute Gasteiger partial charge is 0.122 e. The van der Waals surface area contributed by atoms with Crippen molar-refractivity contribution in [2.45, 2.75) is 25.7 Å². The molecule has 0 spiro atoms. The number of unbranched alkanes of at least 4 members (excludes halogenated alkanes) is 1. The maximum Gasteiger partial charge on any atom is 0.122 e. The molecule has 3 nitrogen and oxygen atoms in total. The summed E-state index contributed by atoms with van der Waals surface area (Å²) in [5.41, 5.74) is 1.30. The predicted molar refractivity (Wildman–Crippen MR) is 79.8 cm³/mol. The second-order valence-electron chi connectivity index (χ2n) is 4.93. The first-order valence-corrected chi connectivity index (χ1v) is 7.07. The number of ether oxygens (including phenoxy) is 2. The normalized spacial score (nSPS) is 12.4. The molecule has 0 saturated carbocycles. The quantitative estimate of drug-likeness (QED) is 0.660. The van der Waals surface area contributed by atoms with Crippen LogP contribution in [0.3, 0.4) is 0 Å². The first-order chi connectivity index (χ1) is 9.31. The molecular weight excluding hydrogens is 238 g/mol. The molecule has 1 atom stereocenters. The van der Waals surface area contributed by atoms with Crippen molar-refractivity contribution in [1.82, 2.24) is 5.32 Å². The summed E-state index contributed by atoms with van der Waals surface area (Å²) >= 11 is 0. The van der Waals surface area contributed by atoms with Crippen molar-refractivity contribution in [3.05, 3.63) is 29.8 Å². The van der Waals surface area contributed by atoms with Crippen LogP contribution in [0.5, 0.6) is 5.75 Å². The number of nitrogens with one attached hydrogen (secondary N) is 1. The van der Waals surface area contributed by atoms with E-state index >= 15 is 0 Å². The number of methoxy groups -OCH3 is 2. The van der Waals surface area contributed by atoms with E-state index in [1.54, 1.807) is 14.2 Å². The average molecular weight is 265 g/mol. The molecule has 0 aliphatic heterocycles. The molecule has 0 aliphatic rings. The second-order valence-corrected chi connectivity index (χ2v) is 4.93. The zero-order chi connectivity index (χ0) is 13.9. The van der Waals surface area contributed by atoms with E-state index in [0.717, 1.165) is 31.7 Å². The van der Waals surface area contributed by atoms with Crippen LogP contribution in [0.1, 0.15) is 24.8 Å². The number of hydrogen-bond donors (Lipinski definition) is 1. The maximum absolute atomic E-state index is 5.43. The van der Waals surface area contributed by atoms with Crippen molar-refractivity contribution < 1.29 is 9.47 Å². The van der Waals surface area contributed by atoms with Gasteiger partial charge in [-0.25, -0.2) is 0 Å². The Hall–Kier alpha value is -1.06. The van der Waals surface area contributed by atoms with Crippen molar-refractivity contribution in [2.75, 3.05) is 34.4 Å². The molecule has 0 radical (unpaired) electrons. The Kier molecular flexibility index (Phi) is 8.26. The van der Waals surface area contributed by atoms with E-state index in [1.807, 2.05) is 19.2 Å². The Labute approximate surface area is 117 Å². The molecule has 1 aromatic carbocycles. The Bertz CT molecular complexity index is 341. The van der Waals surface area contributed by atoms with E-state index in [9.17, 15) is 0 Å². The summed E-state index contributed by atoms with van der Waals surface area (Å²) in [6, 6.07) is 8.31. The molecule has 0 saturated heterocycles. The molecule has 0 aromatic heterocycles. The second kappa shape index (κ2) is 9.82. The van der Waals surface area contributed by atoms with Crippen LogP contribution in [0.15, 0.2) is 24.3 Å². The highest BCUT2D eigenvalue weighted by atomic mass is 16.5. The summed E-state index contributed by atoms with van der Waals surface area (Å²) in [5, 5.41) is 3.29. The summed E-state index contributed by atoms with van der Waals surface area (Å²) < 4.78 is 10.5. The molecule has 0 bridgehead atoms. The largest absolute Gasteiger partial charge is 0.496 e. The third kappa shape index (κ3) is 6.08. The van der Waals surface area contributed by atoms with Gasteiger partial charge in [-0.05, 0) is 50.4 Å². The molecule has 1 rings (SSSR count). The first kappa shape index (κ1) is 16.0. The van der Waals surface area contributed by atoms with Crippen LogP contribution in [-0.2, 0) is 11.2 Å². The lowest BCUT2D eigenvalue weighted by molar-refractivity contribution is 0.190. The fourth-order valence-corrected chi connectivity index (χ4v) is 2.43. The summed E-state index contributed by atoms with van der Waals surface area (Å²) in [6.07, 6.45) is 4.65. The third-order valence-corrected chi connectivity index (χ3v) is 3.40. The molecule has 0 fully saturated rings. The molecule has 0 amide bonds. The van der Waals surface area contributed by atoms with Gasteiger partial charge in [0.05, 0.1) is 7.11 Å². The van der Waals surface area contributed by atoms with Gasteiger partial charge in [-0.1, -0.05) is 24.6 Å². The monoisotopic (exact) mass is 265 g/mol. The van der Waals surface area contributed by atoms with Gasteiger partial charge >= 0.3 is 0 Å². The fraction of sp³-hybridized carbons (Fsp3) is 0.625. The highest BCUT2D eigenvalue weighted by Crippen LogP contribution is 2.23. The van der Waals surface area contributed by atoms with E-state index in [0.29, 0.717) is 5.92 Å². The molecule has 1 N–H and O–H groups in total. The Balaban J connectivity index is 2.51. The summed E-state index contributed by atoms with van der Waals surface area (Å²) in [4.78, 5) is 0. The molecule has 0 aliphatic carbocycles. The van der Waals surface area contributed by atoms with Crippen molar-refractivity contribution in [2.24, 2.45) is 5.92 Å². The van der Waals surface area contributed by atoms with Crippen LogP contribution in [0.4, 0.5) is 0 Å². The number of para-hydroxylation sites is 1. The van der Waals surface area contributed by atoms with Gasteiger partial charge in [0.25, 0.3) is 0 Å². The standard InChI is InChI=1S/C16H27NO2/c1-17-13-14(8-6-7-11-18-2)12-15-9-4-5-10-16(15)19-3/h4-5,9-10,14,17H,6-8,11-13H2,1-3H3. The highest BCUT2D eigenvalue weighted by Gasteiger charge is 2.11. The van der Waals surface area contributed by atoms with Crippen LogP contribution < -0.4 is 10.1 Å². The maximum atomic E-state index is 5.43. The third-order valence-electron chi connectivity index (χ3n) is 3.40. The number of rotatable bonds is 10. The summed E-state index contributed by atoms with van der Waals surface area (Å²) in [5.74, 6) is 1.65. The Morgan fingerprint density at radius 3 is 2.63 bits per heavy atom. The van der Waals surface area contributed by atoms with Crippen LogP contribution in [0.2, 0.25) is 0 Å². The van der Waals surface area contributed by atoms with Gasteiger partial charge in [0.1, 0.15) is 5.75 Å². The minimum absolute atomic E-state index is 0.651.